The summed E-state index contributed by atoms with van der Waals surface area (Å²) in [5, 5.41) is 1.69. The van der Waals surface area contributed by atoms with Crippen LogP contribution in [-0.2, 0) is 28.5 Å². The molecule has 0 unspecified atom stereocenters. The molecule has 16 heteroatoms. The summed E-state index contributed by atoms with van der Waals surface area (Å²) < 4.78 is 63.3. The lowest BCUT2D eigenvalue weighted by Crippen LogP contribution is -2.39. The number of amides is 1. The van der Waals surface area contributed by atoms with Crippen LogP contribution in [0.4, 0.5) is 22.0 Å². The Bertz CT molecular complexity index is 1940. The quantitative estimate of drug-likeness (QED) is 0.125. The number of aromatic nitrogens is 4. The Kier molecular flexibility index (Phi) is 12.0. The highest BCUT2D eigenvalue weighted by atomic mass is 35.5. The number of nitrogens with two attached hydrogens (primary N) is 1. The molecule has 0 bridgehead atoms. The van der Waals surface area contributed by atoms with Gasteiger partial charge in [-0.3, -0.25) is 14.4 Å². The largest absolute Gasteiger partial charge is 0.471 e. The van der Waals surface area contributed by atoms with Gasteiger partial charge in [0.05, 0.1) is 34.3 Å². The van der Waals surface area contributed by atoms with E-state index in [-0.39, 0.29) is 38.8 Å². The molecule has 9 nitrogen and oxygen atoms in total. The van der Waals surface area contributed by atoms with Crippen LogP contribution >= 0.6 is 23.2 Å². The van der Waals surface area contributed by atoms with Gasteiger partial charge in [-0.05, 0) is 61.1 Å². The van der Waals surface area contributed by atoms with Crippen molar-refractivity contribution in [3.63, 3.8) is 0 Å². The topological polar surface area (TPSA) is 141 Å². The maximum Gasteiger partial charge on any atom is 0.471 e. The highest BCUT2D eigenvalue weighted by Crippen LogP contribution is 2.47. The van der Waals surface area contributed by atoms with Gasteiger partial charge in [-0.1, -0.05) is 48.2 Å². The van der Waals surface area contributed by atoms with Crippen molar-refractivity contribution in [2.45, 2.75) is 68.4 Å². The molecule has 0 saturated heterocycles. The molecule has 6 rings (SSSR count). The van der Waals surface area contributed by atoms with Gasteiger partial charge < -0.3 is 11.1 Å². The van der Waals surface area contributed by atoms with Crippen LogP contribution < -0.4 is 11.1 Å². The molecular weight excluding hydrogens is 730 g/mol. The number of nitrogens with zero attached hydrogens (tertiary/aromatic N) is 4. The zero-order valence-corrected chi connectivity index (χ0v) is 29.1. The molecule has 2 aliphatic rings. The van der Waals surface area contributed by atoms with E-state index < -0.39 is 36.0 Å². The number of ketones is 2. The van der Waals surface area contributed by atoms with Gasteiger partial charge in [0.25, 0.3) is 0 Å². The predicted octanol–water partition coefficient (Wildman–Crippen LogP) is 6.87. The fourth-order valence-electron chi connectivity index (χ4n) is 6.26. The molecule has 4 aromatic rings. The van der Waals surface area contributed by atoms with Crippen molar-refractivity contribution in [1.82, 2.24) is 25.3 Å². The Balaban J connectivity index is 0.000000206. The Morgan fingerprint density at radius 1 is 0.712 bits per heavy atom. The van der Waals surface area contributed by atoms with Crippen molar-refractivity contribution < 1.29 is 36.3 Å². The molecular formula is C36H33Cl2F5N6O3. The van der Waals surface area contributed by atoms with Gasteiger partial charge in [-0.2, -0.15) is 13.2 Å². The molecule has 2 aliphatic carbocycles. The molecule has 0 atom stereocenters. The van der Waals surface area contributed by atoms with E-state index in [9.17, 15) is 36.3 Å². The SMILES string of the molecule is NCC(=O)c1cnc(CC2(c3ccc(F)c(Cl)c3)CCC2)nc1.O=C(CNC(=O)C(F)(F)F)c1cnc(CC2(c3ccc(F)c(Cl)c3)CCC2)nc1. The fourth-order valence-corrected chi connectivity index (χ4v) is 6.62. The van der Waals surface area contributed by atoms with Gasteiger partial charge in [-0.15, -0.1) is 0 Å². The van der Waals surface area contributed by atoms with Crippen LogP contribution in [0.25, 0.3) is 0 Å². The number of Topliss-reactive ketones (excluding diaryl/α,β-unsaturated/α-hetero) is 2. The van der Waals surface area contributed by atoms with E-state index in [0.717, 1.165) is 49.7 Å². The number of hydrogen-bond donors (Lipinski definition) is 2. The summed E-state index contributed by atoms with van der Waals surface area (Å²) in [6.07, 6.45) is 7.28. The molecule has 0 aliphatic heterocycles. The molecule has 2 fully saturated rings. The second kappa shape index (κ2) is 16.1. The summed E-state index contributed by atoms with van der Waals surface area (Å²) in [6.45, 7) is -0.861. The van der Waals surface area contributed by atoms with E-state index in [0.29, 0.717) is 30.1 Å². The maximum atomic E-state index is 13.5. The fraction of sp³-hybridized carbons (Fsp3) is 0.361. The van der Waals surface area contributed by atoms with Gasteiger partial charge in [-0.25, -0.2) is 28.7 Å². The lowest BCUT2D eigenvalue weighted by Gasteiger charge is -2.42. The summed E-state index contributed by atoms with van der Waals surface area (Å²) in [6, 6.07) is 9.48. The molecule has 0 spiro atoms. The van der Waals surface area contributed by atoms with Crippen LogP contribution in [-0.4, -0.2) is 56.7 Å². The normalized spacial score (nSPS) is 15.7. The van der Waals surface area contributed by atoms with Crippen LogP contribution in [0.3, 0.4) is 0 Å². The van der Waals surface area contributed by atoms with Crippen LogP contribution in [0, 0.1) is 11.6 Å². The van der Waals surface area contributed by atoms with Crippen molar-refractivity contribution in [1.29, 1.82) is 0 Å². The summed E-state index contributed by atoms with van der Waals surface area (Å²) in [4.78, 5) is 51.0. The van der Waals surface area contributed by atoms with E-state index in [2.05, 4.69) is 19.9 Å². The van der Waals surface area contributed by atoms with Crippen LogP contribution in [0.15, 0.2) is 61.2 Å². The monoisotopic (exact) mass is 762 g/mol. The minimum atomic E-state index is -5.05. The number of carbonyl (C=O) groups excluding carboxylic acids is 3. The van der Waals surface area contributed by atoms with Gasteiger partial charge in [0, 0.05) is 48.5 Å². The number of carbonyl (C=O) groups is 3. The van der Waals surface area contributed by atoms with Crippen molar-refractivity contribution in [3.8, 4) is 0 Å². The molecule has 3 N–H and O–H groups in total. The molecule has 2 heterocycles. The van der Waals surface area contributed by atoms with E-state index in [1.807, 2.05) is 0 Å². The molecule has 1 amide bonds. The first-order chi connectivity index (χ1) is 24.6. The Hall–Kier alpha value is -4.40. The van der Waals surface area contributed by atoms with Crippen LogP contribution in [0.5, 0.6) is 0 Å². The minimum Gasteiger partial charge on any atom is -0.341 e. The number of halogens is 7. The predicted molar refractivity (Wildman–Crippen MR) is 182 cm³/mol. The Morgan fingerprint density at radius 3 is 1.44 bits per heavy atom. The van der Waals surface area contributed by atoms with Crippen LogP contribution in [0.2, 0.25) is 10.0 Å². The third kappa shape index (κ3) is 8.96. The lowest BCUT2D eigenvalue weighted by molar-refractivity contribution is -0.173. The van der Waals surface area contributed by atoms with Crippen molar-refractivity contribution >= 4 is 40.7 Å². The van der Waals surface area contributed by atoms with E-state index in [1.54, 1.807) is 24.3 Å². The molecule has 2 aromatic carbocycles. The molecule has 2 aromatic heterocycles. The second-order valence-electron chi connectivity index (χ2n) is 12.9. The number of hydrogen-bond acceptors (Lipinski definition) is 8. The number of rotatable bonds is 11. The first kappa shape index (κ1) is 38.8. The summed E-state index contributed by atoms with van der Waals surface area (Å²) in [5.41, 5.74) is 7.26. The van der Waals surface area contributed by atoms with Crippen LogP contribution in [0.1, 0.15) is 82.0 Å². The smallest absolute Gasteiger partial charge is 0.341 e. The third-order valence-electron chi connectivity index (χ3n) is 9.59. The Morgan fingerprint density at radius 2 is 1.12 bits per heavy atom. The second-order valence-corrected chi connectivity index (χ2v) is 13.7. The zero-order chi connectivity index (χ0) is 37.7. The van der Waals surface area contributed by atoms with Crippen molar-refractivity contribution in [2.75, 3.05) is 13.1 Å². The standard InChI is InChI=1S/C19H16ClF4N3O2.C17H17ClFN3O/c20-13-6-12(2-3-14(13)21)18(4-1-5-18)7-16-25-8-11(9-26-16)15(28)10-27-17(29)19(22,23)24;18-13-6-12(2-3-14(13)19)17(4-1-5-17)7-16-21-9-11(10-22-16)15(23)8-20/h2-3,6,8-9H,1,4-5,7,10H2,(H,27,29);2-3,6,9-10H,1,4-5,7-8,20H2. The number of benzene rings is 2. The third-order valence-corrected chi connectivity index (χ3v) is 10.2. The Labute approximate surface area is 305 Å². The summed E-state index contributed by atoms with van der Waals surface area (Å²) >= 11 is 11.8. The lowest BCUT2D eigenvalue weighted by atomic mass is 9.62. The number of nitrogens with one attached hydrogen (secondary N) is 1. The number of alkyl halides is 3. The average Bonchev–Trinajstić information content (AvgIpc) is 3.09. The average molecular weight is 764 g/mol. The van der Waals surface area contributed by atoms with Gasteiger partial charge in [0.15, 0.2) is 11.6 Å². The minimum absolute atomic E-state index is 0.0105. The van der Waals surface area contributed by atoms with E-state index in [1.165, 1.54) is 42.2 Å². The summed E-state index contributed by atoms with van der Waals surface area (Å²) in [5.74, 6) is -2.90. The van der Waals surface area contributed by atoms with Gasteiger partial charge >= 0.3 is 12.1 Å². The maximum absolute atomic E-state index is 13.5. The van der Waals surface area contributed by atoms with Gasteiger partial charge in [0.1, 0.15) is 23.3 Å². The van der Waals surface area contributed by atoms with Crippen molar-refractivity contribution in [2.24, 2.45) is 5.73 Å². The van der Waals surface area contributed by atoms with E-state index >= 15 is 0 Å². The molecule has 0 radical (unpaired) electrons. The van der Waals surface area contributed by atoms with Crippen molar-refractivity contribution in [3.05, 3.63) is 117 Å². The first-order valence-corrected chi connectivity index (χ1v) is 17.0. The van der Waals surface area contributed by atoms with E-state index in [4.69, 9.17) is 28.9 Å². The molecule has 2 saturated carbocycles. The van der Waals surface area contributed by atoms with Gasteiger partial charge in [0.2, 0.25) is 0 Å². The highest BCUT2D eigenvalue weighted by Gasteiger charge is 2.41. The first-order valence-electron chi connectivity index (χ1n) is 16.3. The highest BCUT2D eigenvalue weighted by molar-refractivity contribution is 6.31. The summed E-state index contributed by atoms with van der Waals surface area (Å²) in [7, 11) is 0. The zero-order valence-electron chi connectivity index (χ0n) is 27.6. The molecule has 52 heavy (non-hydrogen) atoms. The molecule has 274 valence electrons.